The van der Waals surface area contributed by atoms with Gasteiger partial charge in [-0.1, -0.05) is 18.2 Å². The van der Waals surface area contributed by atoms with Gasteiger partial charge in [-0.15, -0.1) is 0 Å². The Kier molecular flexibility index (Phi) is 4.12. The largest absolute Gasteiger partial charge is 0.417 e. The molecule has 0 radical (unpaired) electrons. The standard InChI is InChI=1S/C18H11F3N4S/c19-18(20,21)11-8-13-14(10-24-16(13)23-9-11)15-6-7-22-17(25-15)26-12-4-2-1-3-5-12/h1-10H,(H,23,24). The fourth-order valence-electron chi connectivity index (χ4n) is 2.50. The van der Waals surface area contributed by atoms with Crippen molar-refractivity contribution < 1.29 is 13.2 Å². The molecule has 1 N–H and O–H groups in total. The molecule has 0 saturated heterocycles. The third-order valence-electron chi connectivity index (χ3n) is 3.72. The maximum absolute atomic E-state index is 13.0. The predicted molar refractivity (Wildman–Crippen MR) is 92.7 cm³/mol. The summed E-state index contributed by atoms with van der Waals surface area (Å²) in [7, 11) is 0. The summed E-state index contributed by atoms with van der Waals surface area (Å²) in [6.45, 7) is 0. The number of halogens is 3. The molecule has 0 aliphatic carbocycles. The van der Waals surface area contributed by atoms with Gasteiger partial charge in [-0.25, -0.2) is 15.0 Å². The van der Waals surface area contributed by atoms with Crippen molar-refractivity contribution in [2.75, 3.05) is 0 Å². The summed E-state index contributed by atoms with van der Waals surface area (Å²) in [6, 6.07) is 12.4. The van der Waals surface area contributed by atoms with E-state index in [1.165, 1.54) is 11.8 Å². The molecule has 130 valence electrons. The highest BCUT2D eigenvalue weighted by atomic mass is 32.2. The fourth-order valence-corrected chi connectivity index (χ4v) is 3.27. The molecule has 1 aromatic carbocycles. The smallest absolute Gasteiger partial charge is 0.345 e. The zero-order valence-corrected chi connectivity index (χ0v) is 14.0. The van der Waals surface area contributed by atoms with Gasteiger partial charge in [0.05, 0.1) is 11.3 Å². The predicted octanol–water partition coefficient (Wildman–Crippen LogP) is 5.19. The number of benzene rings is 1. The Morgan fingerprint density at radius 1 is 1.00 bits per heavy atom. The molecule has 26 heavy (non-hydrogen) atoms. The molecule has 0 spiro atoms. The average Bonchev–Trinajstić information content (AvgIpc) is 3.05. The topological polar surface area (TPSA) is 54.5 Å². The monoisotopic (exact) mass is 372 g/mol. The summed E-state index contributed by atoms with van der Waals surface area (Å²) in [6.07, 6.45) is -0.431. The van der Waals surface area contributed by atoms with E-state index in [1.807, 2.05) is 30.3 Å². The molecular formula is C18H11F3N4S. The SMILES string of the molecule is FC(F)(F)c1cnc2[nH]cc(-c3ccnc(Sc4ccccc4)n3)c2c1. The van der Waals surface area contributed by atoms with E-state index in [4.69, 9.17) is 0 Å². The number of alkyl halides is 3. The Balaban J connectivity index is 1.74. The summed E-state index contributed by atoms with van der Waals surface area (Å²) in [5.74, 6) is 0. The number of nitrogens with zero attached hydrogens (tertiary/aromatic N) is 3. The minimum Gasteiger partial charge on any atom is -0.345 e. The van der Waals surface area contributed by atoms with Crippen molar-refractivity contribution in [1.29, 1.82) is 0 Å². The van der Waals surface area contributed by atoms with E-state index >= 15 is 0 Å². The van der Waals surface area contributed by atoms with Crippen LogP contribution in [0.5, 0.6) is 0 Å². The molecule has 0 unspecified atom stereocenters. The Labute approximate surface area is 150 Å². The second kappa shape index (κ2) is 6.45. The Hall–Kier alpha value is -2.87. The van der Waals surface area contributed by atoms with Crippen LogP contribution in [0.15, 0.2) is 71.1 Å². The van der Waals surface area contributed by atoms with Crippen molar-refractivity contribution in [3.63, 3.8) is 0 Å². The molecule has 8 heteroatoms. The first-order valence-electron chi connectivity index (χ1n) is 7.61. The molecule has 0 amide bonds. The molecule has 4 rings (SSSR count). The first kappa shape index (κ1) is 16.6. The number of H-pyrrole nitrogens is 1. The van der Waals surface area contributed by atoms with Crippen LogP contribution in [0.1, 0.15) is 5.56 Å². The van der Waals surface area contributed by atoms with Crippen molar-refractivity contribution in [1.82, 2.24) is 19.9 Å². The first-order chi connectivity index (χ1) is 12.5. The van der Waals surface area contributed by atoms with Gasteiger partial charge in [0.15, 0.2) is 5.16 Å². The molecule has 0 fully saturated rings. The van der Waals surface area contributed by atoms with Crippen LogP contribution < -0.4 is 0 Å². The van der Waals surface area contributed by atoms with E-state index < -0.39 is 11.7 Å². The maximum Gasteiger partial charge on any atom is 0.417 e. The zero-order valence-electron chi connectivity index (χ0n) is 13.2. The van der Waals surface area contributed by atoms with Crippen LogP contribution in [0.4, 0.5) is 13.2 Å². The highest BCUT2D eigenvalue weighted by Gasteiger charge is 2.31. The van der Waals surface area contributed by atoms with Crippen molar-refractivity contribution in [3.8, 4) is 11.3 Å². The zero-order chi connectivity index (χ0) is 18.1. The number of aromatic amines is 1. The third-order valence-corrected chi connectivity index (χ3v) is 4.61. The van der Waals surface area contributed by atoms with Crippen LogP contribution in [-0.4, -0.2) is 19.9 Å². The summed E-state index contributed by atoms with van der Waals surface area (Å²) >= 11 is 1.38. The normalized spacial score (nSPS) is 11.8. The van der Waals surface area contributed by atoms with Gasteiger partial charge in [-0.05, 0) is 36.0 Å². The lowest BCUT2D eigenvalue weighted by Crippen LogP contribution is -2.05. The molecule has 0 bridgehead atoms. The maximum atomic E-state index is 13.0. The third kappa shape index (κ3) is 3.28. The second-order valence-corrected chi connectivity index (χ2v) is 6.50. The minimum absolute atomic E-state index is 0.370. The van der Waals surface area contributed by atoms with E-state index in [2.05, 4.69) is 19.9 Å². The van der Waals surface area contributed by atoms with E-state index in [0.717, 1.165) is 17.2 Å². The van der Waals surface area contributed by atoms with Gasteiger partial charge in [0.2, 0.25) is 0 Å². The number of hydrogen-bond donors (Lipinski definition) is 1. The van der Waals surface area contributed by atoms with Gasteiger partial charge < -0.3 is 4.98 Å². The van der Waals surface area contributed by atoms with Crippen molar-refractivity contribution >= 4 is 22.8 Å². The number of aromatic nitrogens is 4. The number of rotatable bonds is 3. The Morgan fingerprint density at radius 3 is 2.58 bits per heavy atom. The summed E-state index contributed by atoms with van der Waals surface area (Å²) in [4.78, 5) is 16.4. The lowest BCUT2D eigenvalue weighted by Gasteiger charge is -2.06. The molecule has 4 aromatic rings. The van der Waals surface area contributed by atoms with Crippen molar-refractivity contribution in [2.24, 2.45) is 0 Å². The minimum atomic E-state index is -4.45. The van der Waals surface area contributed by atoms with Crippen molar-refractivity contribution in [2.45, 2.75) is 16.2 Å². The summed E-state index contributed by atoms with van der Waals surface area (Å²) in [5.41, 5.74) is 0.671. The van der Waals surface area contributed by atoms with Crippen LogP contribution in [-0.2, 0) is 6.18 Å². The van der Waals surface area contributed by atoms with Crippen LogP contribution in [0.25, 0.3) is 22.3 Å². The quantitative estimate of drug-likeness (QED) is 0.503. The molecular weight excluding hydrogens is 361 g/mol. The molecule has 0 atom stereocenters. The molecule has 4 nitrogen and oxygen atoms in total. The van der Waals surface area contributed by atoms with E-state index in [-0.39, 0.29) is 0 Å². The average molecular weight is 372 g/mol. The van der Waals surface area contributed by atoms with Crippen molar-refractivity contribution in [3.05, 3.63) is 66.6 Å². The second-order valence-electron chi connectivity index (χ2n) is 5.46. The summed E-state index contributed by atoms with van der Waals surface area (Å²) < 4.78 is 39.0. The van der Waals surface area contributed by atoms with Gasteiger partial charge in [-0.2, -0.15) is 13.2 Å². The lowest BCUT2D eigenvalue weighted by molar-refractivity contribution is -0.137. The van der Waals surface area contributed by atoms with Gasteiger partial charge in [-0.3, -0.25) is 0 Å². The lowest BCUT2D eigenvalue weighted by atomic mass is 10.1. The van der Waals surface area contributed by atoms with Crippen LogP contribution in [0.3, 0.4) is 0 Å². The molecule has 0 aliphatic heterocycles. The summed E-state index contributed by atoms with van der Waals surface area (Å²) in [5, 5.41) is 0.886. The number of hydrogen-bond acceptors (Lipinski definition) is 4. The van der Waals surface area contributed by atoms with Gasteiger partial charge in [0.1, 0.15) is 5.65 Å². The van der Waals surface area contributed by atoms with E-state index in [9.17, 15) is 13.2 Å². The molecule has 3 heterocycles. The molecule has 3 aromatic heterocycles. The number of pyridine rings is 1. The molecule has 0 aliphatic rings. The highest BCUT2D eigenvalue weighted by molar-refractivity contribution is 7.99. The van der Waals surface area contributed by atoms with Gasteiger partial charge in [0, 0.05) is 34.4 Å². The molecule has 0 saturated carbocycles. The van der Waals surface area contributed by atoms with Crippen LogP contribution >= 0.6 is 11.8 Å². The van der Waals surface area contributed by atoms with Gasteiger partial charge >= 0.3 is 6.18 Å². The van der Waals surface area contributed by atoms with Gasteiger partial charge in [0.25, 0.3) is 0 Å². The van der Waals surface area contributed by atoms with E-state index in [1.54, 1.807) is 18.5 Å². The Morgan fingerprint density at radius 2 is 1.81 bits per heavy atom. The fraction of sp³-hybridized carbons (Fsp3) is 0.0556. The highest BCUT2D eigenvalue weighted by Crippen LogP contribution is 2.34. The number of fused-ring (bicyclic) bond motifs is 1. The number of nitrogens with one attached hydrogen (secondary N) is 1. The first-order valence-corrected chi connectivity index (χ1v) is 8.43. The van der Waals surface area contributed by atoms with Crippen LogP contribution in [0.2, 0.25) is 0 Å². The van der Waals surface area contributed by atoms with E-state index in [0.29, 0.717) is 27.4 Å². The Bertz CT molecular complexity index is 1060. The van der Waals surface area contributed by atoms with Crippen LogP contribution in [0, 0.1) is 0 Å².